The molecule has 8 heteroatoms. The average Bonchev–Trinajstić information content (AvgIpc) is 2.75. The largest absolute Gasteiger partial charge is 0.352 e. The number of pyridine rings is 1. The molecule has 1 aliphatic rings. The molecule has 1 unspecified atom stereocenters. The molecule has 7 nitrogen and oxygen atoms in total. The van der Waals surface area contributed by atoms with Gasteiger partial charge in [0.15, 0.2) is 0 Å². The van der Waals surface area contributed by atoms with E-state index in [4.69, 9.17) is 11.6 Å². The van der Waals surface area contributed by atoms with Crippen molar-refractivity contribution in [3.05, 3.63) is 71.0 Å². The van der Waals surface area contributed by atoms with Gasteiger partial charge < -0.3 is 15.5 Å². The Kier molecular flexibility index (Phi) is 6.10. The van der Waals surface area contributed by atoms with Gasteiger partial charge in [-0.05, 0) is 37.6 Å². The summed E-state index contributed by atoms with van der Waals surface area (Å²) < 4.78 is 0. The lowest BCUT2D eigenvalue weighted by Crippen LogP contribution is -2.48. The highest BCUT2D eigenvalue weighted by Crippen LogP contribution is 2.32. The van der Waals surface area contributed by atoms with Crippen molar-refractivity contribution in [3.63, 3.8) is 0 Å². The molecule has 1 aromatic heterocycles. The van der Waals surface area contributed by atoms with Gasteiger partial charge in [0, 0.05) is 40.1 Å². The zero-order chi connectivity index (χ0) is 22.8. The maximum Gasteiger partial charge on any atom is 0.254 e. The van der Waals surface area contributed by atoms with E-state index < -0.39 is 5.92 Å². The fraction of sp³-hybridized carbons (Fsp3) is 0.250. The van der Waals surface area contributed by atoms with Gasteiger partial charge in [-0.1, -0.05) is 35.9 Å². The highest BCUT2D eigenvalue weighted by molar-refractivity contribution is 6.30. The summed E-state index contributed by atoms with van der Waals surface area (Å²) >= 11 is 6.18. The normalized spacial score (nSPS) is 15.6. The van der Waals surface area contributed by atoms with Gasteiger partial charge in [0.25, 0.3) is 5.91 Å². The van der Waals surface area contributed by atoms with Crippen LogP contribution in [0.5, 0.6) is 0 Å². The lowest BCUT2D eigenvalue weighted by molar-refractivity contribution is -0.123. The number of benzene rings is 2. The van der Waals surface area contributed by atoms with E-state index in [1.807, 2.05) is 38.1 Å². The standard InChI is InChI=1S/C24H23ClN4O3/c1-14(2)27-22(30)13-29-12-20(19-9-16(25)7-8-18(19)24(29)32)23(31)28-21-11-26-10-15-5-3-4-6-17(15)21/h3-11,14,20H,12-13H2,1-2H3,(H,27,30)(H,28,31). The smallest absolute Gasteiger partial charge is 0.254 e. The van der Waals surface area contributed by atoms with Crippen molar-refractivity contribution in [1.29, 1.82) is 0 Å². The van der Waals surface area contributed by atoms with E-state index in [1.54, 1.807) is 30.6 Å². The molecule has 0 saturated heterocycles. The number of anilines is 1. The van der Waals surface area contributed by atoms with Crippen molar-refractivity contribution >= 4 is 45.8 Å². The molecule has 1 aliphatic heterocycles. The lowest BCUT2D eigenvalue weighted by Gasteiger charge is -2.33. The molecule has 2 heterocycles. The van der Waals surface area contributed by atoms with Gasteiger partial charge in [-0.25, -0.2) is 0 Å². The van der Waals surface area contributed by atoms with Crippen LogP contribution in [0.4, 0.5) is 5.69 Å². The highest BCUT2D eigenvalue weighted by atomic mass is 35.5. The van der Waals surface area contributed by atoms with Crippen molar-refractivity contribution in [2.75, 3.05) is 18.4 Å². The van der Waals surface area contributed by atoms with Crippen molar-refractivity contribution in [3.8, 4) is 0 Å². The van der Waals surface area contributed by atoms with E-state index in [0.29, 0.717) is 21.8 Å². The monoisotopic (exact) mass is 450 g/mol. The molecule has 0 bridgehead atoms. The first-order chi connectivity index (χ1) is 15.3. The Morgan fingerprint density at radius 2 is 1.97 bits per heavy atom. The molecule has 3 amide bonds. The van der Waals surface area contributed by atoms with Crippen LogP contribution in [-0.4, -0.2) is 46.7 Å². The van der Waals surface area contributed by atoms with Crippen molar-refractivity contribution in [2.45, 2.75) is 25.8 Å². The van der Waals surface area contributed by atoms with Crippen LogP contribution in [0.2, 0.25) is 5.02 Å². The molecule has 3 aromatic rings. The molecule has 0 fully saturated rings. The van der Waals surface area contributed by atoms with E-state index in [9.17, 15) is 14.4 Å². The molecule has 32 heavy (non-hydrogen) atoms. The van der Waals surface area contributed by atoms with Crippen molar-refractivity contribution in [2.24, 2.45) is 0 Å². The molecule has 0 spiro atoms. The van der Waals surface area contributed by atoms with Gasteiger partial charge in [0.1, 0.15) is 0 Å². The van der Waals surface area contributed by atoms with Crippen LogP contribution >= 0.6 is 11.6 Å². The third-order valence-electron chi connectivity index (χ3n) is 5.34. The predicted octanol–water partition coefficient (Wildman–Crippen LogP) is 3.59. The molecule has 4 rings (SSSR count). The van der Waals surface area contributed by atoms with Crippen LogP contribution in [0.15, 0.2) is 54.9 Å². The van der Waals surface area contributed by atoms with Gasteiger partial charge in [-0.3, -0.25) is 19.4 Å². The minimum Gasteiger partial charge on any atom is -0.352 e. The van der Waals surface area contributed by atoms with E-state index in [2.05, 4.69) is 15.6 Å². The summed E-state index contributed by atoms with van der Waals surface area (Å²) in [4.78, 5) is 44.3. The van der Waals surface area contributed by atoms with Gasteiger partial charge >= 0.3 is 0 Å². The quantitative estimate of drug-likeness (QED) is 0.621. The number of rotatable bonds is 5. The number of carbonyl (C=O) groups is 3. The zero-order valence-corrected chi connectivity index (χ0v) is 18.5. The Morgan fingerprint density at radius 3 is 2.75 bits per heavy atom. The second-order valence-corrected chi connectivity index (χ2v) is 8.53. The van der Waals surface area contributed by atoms with Crippen LogP contribution in [-0.2, 0) is 9.59 Å². The summed E-state index contributed by atoms with van der Waals surface area (Å²) in [5, 5.41) is 7.94. The maximum atomic E-state index is 13.4. The summed E-state index contributed by atoms with van der Waals surface area (Å²) in [6.45, 7) is 3.64. The molecular weight excluding hydrogens is 428 g/mol. The number of carbonyl (C=O) groups excluding carboxylic acids is 3. The second kappa shape index (κ2) is 8.96. The molecule has 0 saturated carbocycles. The zero-order valence-electron chi connectivity index (χ0n) is 17.8. The average molecular weight is 451 g/mol. The number of halogens is 1. The number of amides is 3. The Bertz CT molecular complexity index is 1210. The van der Waals surface area contributed by atoms with Gasteiger partial charge in [0.2, 0.25) is 11.8 Å². The summed E-state index contributed by atoms with van der Waals surface area (Å²) in [5.41, 5.74) is 1.50. The SMILES string of the molecule is CC(C)NC(=O)CN1CC(C(=O)Nc2cncc3ccccc23)c2cc(Cl)ccc2C1=O. The topological polar surface area (TPSA) is 91.4 Å². The predicted molar refractivity (Wildman–Crippen MR) is 124 cm³/mol. The molecule has 0 radical (unpaired) electrons. The number of nitrogens with one attached hydrogen (secondary N) is 2. The number of hydrogen-bond donors (Lipinski definition) is 2. The number of aromatic nitrogens is 1. The van der Waals surface area contributed by atoms with E-state index in [-0.39, 0.29) is 36.9 Å². The minimum absolute atomic E-state index is 0.0496. The van der Waals surface area contributed by atoms with E-state index in [1.165, 1.54) is 4.90 Å². The Balaban J connectivity index is 1.65. The summed E-state index contributed by atoms with van der Waals surface area (Å²) in [7, 11) is 0. The molecule has 0 aliphatic carbocycles. The lowest BCUT2D eigenvalue weighted by atomic mass is 9.88. The van der Waals surface area contributed by atoms with Gasteiger partial charge in [-0.15, -0.1) is 0 Å². The summed E-state index contributed by atoms with van der Waals surface area (Å²) in [6, 6.07) is 12.4. The van der Waals surface area contributed by atoms with Crippen LogP contribution in [0.25, 0.3) is 10.8 Å². The maximum absolute atomic E-state index is 13.4. The van der Waals surface area contributed by atoms with Crippen LogP contribution in [0, 0.1) is 0 Å². The third kappa shape index (κ3) is 4.43. The van der Waals surface area contributed by atoms with Crippen LogP contribution in [0.1, 0.15) is 35.7 Å². The number of nitrogens with zero attached hydrogens (tertiary/aromatic N) is 2. The summed E-state index contributed by atoms with van der Waals surface area (Å²) in [5.74, 6) is -1.56. The van der Waals surface area contributed by atoms with Crippen LogP contribution < -0.4 is 10.6 Å². The molecule has 2 N–H and O–H groups in total. The number of hydrogen-bond acceptors (Lipinski definition) is 4. The first-order valence-electron chi connectivity index (χ1n) is 10.3. The minimum atomic E-state index is -0.688. The molecule has 2 aromatic carbocycles. The first-order valence-corrected chi connectivity index (χ1v) is 10.7. The van der Waals surface area contributed by atoms with Gasteiger partial charge in [-0.2, -0.15) is 0 Å². The fourth-order valence-corrected chi connectivity index (χ4v) is 4.11. The first kappa shape index (κ1) is 21.8. The Hall–Kier alpha value is -3.45. The molecule has 1 atom stereocenters. The number of fused-ring (bicyclic) bond motifs is 2. The Labute approximate surface area is 190 Å². The molecular formula is C24H23ClN4O3. The van der Waals surface area contributed by atoms with E-state index >= 15 is 0 Å². The third-order valence-corrected chi connectivity index (χ3v) is 5.57. The van der Waals surface area contributed by atoms with Crippen LogP contribution in [0.3, 0.4) is 0 Å². The second-order valence-electron chi connectivity index (χ2n) is 8.09. The van der Waals surface area contributed by atoms with E-state index in [0.717, 1.165) is 10.8 Å². The highest BCUT2D eigenvalue weighted by Gasteiger charge is 2.36. The van der Waals surface area contributed by atoms with Crippen molar-refractivity contribution in [1.82, 2.24) is 15.2 Å². The fourth-order valence-electron chi connectivity index (χ4n) is 3.93. The van der Waals surface area contributed by atoms with Crippen molar-refractivity contribution < 1.29 is 14.4 Å². The van der Waals surface area contributed by atoms with Gasteiger partial charge in [0.05, 0.1) is 24.3 Å². The molecule has 164 valence electrons. The Morgan fingerprint density at radius 1 is 1.19 bits per heavy atom. The summed E-state index contributed by atoms with van der Waals surface area (Å²) in [6.07, 6.45) is 3.33.